The van der Waals surface area contributed by atoms with Gasteiger partial charge in [0.05, 0.1) is 23.0 Å². The smallest absolute Gasteiger partial charge is 0.232 e. The number of nitrogens with zero attached hydrogens (tertiary/aromatic N) is 2. The van der Waals surface area contributed by atoms with Crippen LogP contribution in [0.25, 0.3) is 11.3 Å². The number of aromatic amines is 1. The highest BCUT2D eigenvalue weighted by molar-refractivity contribution is 8.02. The molecule has 0 spiro atoms. The van der Waals surface area contributed by atoms with E-state index in [9.17, 15) is 17.6 Å². The zero-order chi connectivity index (χ0) is 20.1. The third-order valence-corrected chi connectivity index (χ3v) is 8.04. The van der Waals surface area contributed by atoms with Crippen LogP contribution in [0, 0.1) is 5.82 Å². The monoisotopic (exact) mass is 425 g/mol. The molecule has 9 heteroatoms. The molecule has 0 radical (unpaired) electrons. The number of nitrogens with one attached hydrogen (secondary N) is 1. The number of aromatic nitrogens is 2. The lowest BCUT2D eigenvalue weighted by Gasteiger charge is -2.17. The van der Waals surface area contributed by atoms with Crippen LogP contribution in [0.5, 0.6) is 0 Å². The Morgan fingerprint density at radius 3 is 2.79 bits per heavy atom. The summed E-state index contributed by atoms with van der Waals surface area (Å²) in [5.74, 6) is 0.477. The van der Waals surface area contributed by atoms with E-state index in [-0.39, 0.29) is 28.5 Å². The molecule has 2 aromatic rings. The van der Waals surface area contributed by atoms with Crippen molar-refractivity contribution in [2.24, 2.45) is 0 Å². The lowest BCUT2D eigenvalue weighted by molar-refractivity contribution is -0.127. The van der Waals surface area contributed by atoms with Crippen molar-refractivity contribution < 1.29 is 17.6 Å². The quantitative estimate of drug-likeness (QED) is 0.703. The summed E-state index contributed by atoms with van der Waals surface area (Å²) in [5, 5.41) is 7.28. The minimum absolute atomic E-state index is 0.0194. The van der Waals surface area contributed by atoms with Gasteiger partial charge in [-0.15, -0.1) is 11.8 Å². The van der Waals surface area contributed by atoms with Gasteiger partial charge in [0.15, 0.2) is 9.84 Å². The van der Waals surface area contributed by atoms with Gasteiger partial charge < -0.3 is 4.90 Å². The number of carbonyl (C=O) groups is 1. The van der Waals surface area contributed by atoms with Crippen LogP contribution in [0.1, 0.15) is 18.5 Å². The zero-order valence-corrected chi connectivity index (χ0v) is 17.4. The zero-order valence-electron chi connectivity index (χ0n) is 15.7. The molecule has 1 aromatic heterocycles. The summed E-state index contributed by atoms with van der Waals surface area (Å²) in [6, 6.07) is 8.13. The van der Waals surface area contributed by atoms with Crippen molar-refractivity contribution in [3.8, 4) is 11.3 Å². The minimum Gasteiger partial charge on any atom is -0.345 e. The number of amides is 1. The van der Waals surface area contributed by atoms with E-state index < -0.39 is 9.84 Å². The van der Waals surface area contributed by atoms with Gasteiger partial charge in [0, 0.05) is 30.1 Å². The van der Waals surface area contributed by atoms with Crippen LogP contribution in [0.2, 0.25) is 0 Å². The third kappa shape index (κ3) is 5.81. The maximum absolute atomic E-state index is 13.0. The van der Waals surface area contributed by atoms with Gasteiger partial charge in [0.2, 0.25) is 5.91 Å². The average molecular weight is 426 g/mol. The lowest BCUT2D eigenvalue weighted by atomic mass is 10.1. The molecule has 28 heavy (non-hydrogen) atoms. The second kappa shape index (κ2) is 9.09. The summed E-state index contributed by atoms with van der Waals surface area (Å²) in [7, 11) is -1.13. The second-order valence-corrected chi connectivity index (χ2v) is 10.6. The Bertz CT molecular complexity index is 913. The summed E-state index contributed by atoms with van der Waals surface area (Å²) in [5.41, 5.74) is 2.58. The molecule has 0 saturated carbocycles. The maximum Gasteiger partial charge on any atom is 0.232 e. The molecule has 1 atom stereocenters. The first-order valence-electron chi connectivity index (χ1n) is 9.18. The molecule has 2 heterocycles. The summed E-state index contributed by atoms with van der Waals surface area (Å²) in [6.07, 6.45) is 2.18. The molecular weight excluding hydrogens is 401 g/mol. The molecule has 1 N–H and O–H groups in total. The third-order valence-electron chi connectivity index (χ3n) is 4.77. The highest BCUT2D eigenvalue weighted by Crippen LogP contribution is 2.24. The normalized spacial score (nSPS) is 18.3. The fourth-order valence-electron chi connectivity index (χ4n) is 3.08. The topological polar surface area (TPSA) is 83.1 Å². The van der Waals surface area contributed by atoms with Gasteiger partial charge >= 0.3 is 0 Å². The SMILES string of the molecule is CN(CCCc1cc(-c2ccc(F)cc2)n[nH]1)C(=O)CSC1CCS(=O)(=O)C1. The van der Waals surface area contributed by atoms with Gasteiger partial charge in [-0.3, -0.25) is 9.89 Å². The highest BCUT2D eigenvalue weighted by Gasteiger charge is 2.28. The molecular formula is C19H24FN3O3S2. The second-order valence-electron chi connectivity index (χ2n) is 7.04. The summed E-state index contributed by atoms with van der Waals surface area (Å²) in [4.78, 5) is 13.9. The molecule has 1 amide bonds. The average Bonchev–Trinajstić information content (AvgIpc) is 3.26. The molecule has 1 saturated heterocycles. The Hall–Kier alpha value is -1.87. The van der Waals surface area contributed by atoms with E-state index >= 15 is 0 Å². The van der Waals surface area contributed by atoms with Crippen LogP contribution in [0.15, 0.2) is 30.3 Å². The number of halogens is 1. The van der Waals surface area contributed by atoms with Gasteiger partial charge in [-0.2, -0.15) is 5.10 Å². The van der Waals surface area contributed by atoms with E-state index in [2.05, 4.69) is 10.2 Å². The Balaban J connectivity index is 1.39. The Morgan fingerprint density at radius 1 is 1.36 bits per heavy atom. The number of hydrogen-bond acceptors (Lipinski definition) is 5. The van der Waals surface area contributed by atoms with E-state index in [0.717, 1.165) is 29.8 Å². The first kappa shape index (κ1) is 20.9. The van der Waals surface area contributed by atoms with Crippen molar-refractivity contribution in [3.05, 3.63) is 41.8 Å². The van der Waals surface area contributed by atoms with E-state index in [1.807, 2.05) is 6.07 Å². The van der Waals surface area contributed by atoms with Crippen molar-refractivity contribution >= 4 is 27.5 Å². The minimum atomic E-state index is -2.90. The number of thioether (sulfide) groups is 1. The fraction of sp³-hybridized carbons (Fsp3) is 0.474. The largest absolute Gasteiger partial charge is 0.345 e. The first-order chi connectivity index (χ1) is 13.3. The molecule has 1 fully saturated rings. The Kier molecular flexibility index (Phi) is 6.77. The van der Waals surface area contributed by atoms with E-state index in [1.54, 1.807) is 24.1 Å². The number of carbonyl (C=O) groups excluding carboxylic acids is 1. The van der Waals surface area contributed by atoms with Gasteiger partial charge in [-0.25, -0.2) is 12.8 Å². The molecule has 1 unspecified atom stereocenters. The number of H-pyrrole nitrogens is 1. The number of benzene rings is 1. The number of rotatable bonds is 8. The van der Waals surface area contributed by atoms with E-state index in [0.29, 0.717) is 18.7 Å². The Labute approximate surface area is 168 Å². The number of hydrogen-bond donors (Lipinski definition) is 1. The lowest BCUT2D eigenvalue weighted by Crippen LogP contribution is -2.30. The van der Waals surface area contributed by atoms with Gasteiger partial charge in [0.25, 0.3) is 0 Å². The van der Waals surface area contributed by atoms with Crippen molar-refractivity contribution in [2.75, 3.05) is 30.9 Å². The molecule has 0 aliphatic carbocycles. The van der Waals surface area contributed by atoms with Crippen LogP contribution in [-0.2, 0) is 21.1 Å². The Morgan fingerprint density at radius 2 is 2.11 bits per heavy atom. The molecule has 1 aromatic carbocycles. The van der Waals surface area contributed by atoms with Crippen LogP contribution < -0.4 is 0 Å². The highest BCUT2D eigenvalue weighted by atomic mass is 32.2. The number of aryl methyl sites for hydroxylation is 1. The molecule has 3 rings (SSSR count). The predicted molar refractivity (Wildman–Crippen MR) is 109 cm³/mol. The van der Waals surface area contributed by atoms with Crippen molar-refractivity contribution in [1.29, 1.82) is 0 Å². The molecule has 0 bridgehead atoms. The predicted octanol–water partition coefficient (Wildman–Crippen LogP) is 2.53. The molecule has 6 nitrogen and oxygen atoms in total. The van der Waals surface area contributed by atoms with Crippen LogP contribution in [0.4, 0.5) is 4.39 Å². The van der Waals surface area contributed by atoms with Gasteiger partial charge in [-0.05, 0) is 49.6 Å². The van der Waals surface area contributed by atoms with Crippen LogP contribution >= 0.6 is 11.8 Å². The van der Waals surface area contributed by atoms with Gasteiger partial charge in [-0.1, -0.05) is 0 Å². The molecule has 1 aliphatic heterocycles. The van der Waals surface area contributed by atoms with Crippen LogP contribution in [0.3, 0.4) is 0 Å². The fourth-order valence-corrected chi connectivity index (χ4v) is 6.66. The van der Waals surface area contributed by atoms with Crippen molar-refractivity contribution in [2.45, 2.75) is 24.5 Å². The number of sulfone groups is 1. The van der Waals surface area contributed by atoms with Gasteiger partial charge in [0.1, 0.15) is 5.82 Å². The molecule has 1 aliphatic rings. The van der Waals surface area contributed by atoms with Crippen LogP contribution in [-0.4, -0.2) is 65.5 Å². The maximum atomic E-state index is 13.0. The summed E-state index contributed by atoms with van der Waals surface area (Å²) >= 11 is 1.44. The van der Waals surface area contributed by atoms with Crippen molar-refractivity contribution in [3.63, 3.8) is 0 Å². The van der Waals surface area contributed by atoms with Crippen molar-refractivity contribution in [1.82, 2.24) is 15.1 Å². The summed E-state index contributed by atoms with van der Waals surface area (Å²) < 4.78 is 35.9. The molecule has 152 valence electrons. The first-order valence-corrected chi connectivity index (χ1v) is 12.1. The summed E-state index contributed by atoms with van der Waals surface area (Å²) in [6.45, 7) is 0.618. The van der Waals surface area contributed by atoms with E-state index in [1.165, 1.54) is 23.9 Å². The standard InChI is InChI=1S/C19H24FN3O3S2/c1-23(19(24)12-27-17-8-10-28(25,26)13-17)9-2-3-16-11-18(22-21-16)14-4-6-15(20)7-5-14/h4-7,11,17H,2-3,8-10,12-13H2,1H3,(H,21,22). The van der Waals surface area contributed by atoms with E-state index in [4.69, 9.17) is 0 Å².